The molecule has 2 amide bonds. The van der Waals surface area contributed by atoms with Crippen LogP contribution in [0.15, 0.2) is 102 Å². The van der Waals surface area contributed by atoms with Gasteiger partial charge in [0.1, 0.15) is 12.6 Å². The average Bonchev–Trinajstić information content (AvgIpc) is 3.05. The summed E-state index contributed by atoms with van der Waals surface area (Å²) < 4.78 is 40.5. The Bertz CT molecular complexity index is 1780. The molecule has 0 aliphatic heterocycles. The average molecular weight is 658 g/mol. The molecule has 0 aliphatic rings. The van der Waals surface area contributed by atoms with E-state index in [1.807, 2.05) is 82.3 Å². The highest BCUT2D eigenvalue weighted by molar-refractivity contribution is 7.92. The highest BCUT2D eigenvalue weighted by atomic mass is 32.2. The second-order valence-corrected chi connectivity index (χ2v) is 13.6. The normalized spacial score (nSPS) is 11.9. The summed E-state index contributed by atoms with van der Waals surface area (Å²) in [5, 5.41) is 2.97. The van der Waals surface area contributed by atoms with Gasteiger partial charge in [0.15, 0.2) is 11.5 Å². The minimum absolute atomic E-state index is 0.0225. The molecule has 10 heteroatoms. The maximum Gasteiger partial charge on any atom is 0.264 e. The third-order valence-corrected chi connectivity index (χ3v) is 9.47. The van der Waals surface area contributed by atoms with Gasteiger partial charge in [0.25, 0.3) is 10.0 Å². The van der Waals surface area contributed by atoms with Crippen molar-refractivity contribution in [1.29, 1.82) is 0 Å². The van der Waals surface area contributed by atoms with E-state index in [9.17, 15) is 18.0 Å². The molecular formula is C37H43N3O6S. The number of amides is 2. The van der Waals surface area contributed by atoms with Crippen molar-refractivity contribution >= 4 is 27.5 Å². The number of carbonyl (C=O) groups excluding carboxylic acids is 2. The largest absolute Gasteiger partial charge is 0.493 e. The van der Waals surface area contributed by atoms with E-state index in [0.29, 0.717) is 11.5 Å². The van der Waals surface area contributed by atoms with Gasteiger partial charge in [-0.05, 0) is 63.1 Å². The number of ether oxygens (including phenoxy) is 2. The van der Waals surface area contributed by atoms with Crippen LogP contribution in [0.4, 0.5) is 5.69 Å². The summed E-state index contributed by atoms with van der Waals surface area (Å²) >= 11 is 0. The smallest absolute Gasteiger partial charge is 0.264 e. The second-order valence-electron chi connectivity index (χ2n) is 11.7. The summed E-state index contributed by atoms with van der Waals surface area (Å²) in [5.74, 6) is -0.165. The van der Waals surface area contributed by atoms with Crippen molar-refractivity contribution in [3.63, 3.8) is 0 Å². The Labute approximate surface area is 278 Å². The number of rotatable bonds is 14. The summed E-state index contributed by atoms with van der Waals surface area (Å²) in [4.78, 5) is 30.0. The van der Waals surface area contributed by atoms with Gasteiger partial charge in [0.2, 0.25) is 11.8 Å². The van der Waals surface area contributed by atoms with E-state index in [1.165, 1.54) is 37.3 Å². The van der Waals surface area contributed by atoms with Gasteiger partial charge in [-0.3, -0.25) is 13.9 Å². The monoisotopic (exact) mass is 657 g/mol. The van der Waals surface area contributed by atoms with Crippen molar-refractivity contribution in [2.24, 2.45) is 0 Å². The van der Waals surface area contributed by atoms with Gasteiger partial charge in [-0.15, -0.1) is 0 Å². The summed E-state index contributed by atoms with van der Waals surface area (Å²) in [6.07, 6.45) is 0.234. The van der Waals surface area contributed by atoms with Crippen molar-refractivity contribution in [2.75, 3.05) is 25.1 Å². The fourth-order valence-corrected chi connectivity index (χ4v) is 6.69. The van der Waals surface area contributed by atoms with E-state index in [1.54, 1.807) is 24.3 Å². The Kier molecular flexibility index (Phi) is 11.7. The van der Waals surface area contributed by atoms with Gasteiger partial charge in [-0.2, -0.15) is 0 Å². The standard InChI is InChI=1S/C37H43N3O6S/c1-26(2)38-37(42)33(22-29-12-8-7-9-13-29)39(24-30-14-10-11-28(4)21-30)36(41)25-40(31-17-20-34(45-5)35(23-31)46-6)47(43,44)32-18-15-27(3)16-19-32/h7-21,23,26,33H,22,24-25H2,1-6H3,(H,38,42)/t33-/m0/s1. The third kappa shape index (κ3) is 8.92. The van der Waals surface area contributed by atoms with Crippen molar-refractivity contribution in [3.8, 4) is 11.5 Å². The molecule has 9 nitrogen and oxygen atoms in total. The fraction of sp³-hybridized carbons (Fsp3) is 0.297. The number of hydrogen-bond acceptors (Lipinski definition) is 6. The number of aryl methyl sites for hydroxylation is 2. The first-order valence-electron chi connectivity index (χ1n) is 15.4. The van der Waals surface area contributed by atoms with Crippen LogP contribution in [-0.2, 0) is 32.6 Å². The lowest BCUT2D eigenvalue weighted by Gasteiger charge is -2.34. The van der Waals surface area contributed by atoms with Gasteiger partial charge < -0.3 is 19.7 Å². The van der Waals surface area contributed by atoms with Gasteiger partial charge in [0, 0.05) is 25.1 Å². The fourth-order valence-electron chi connectivity index (χ4n) is 5.29. The maximum absolute atomic E-state index is 14.6. The summed E-state index contributed by atoms with van der Waals surface area (Å²) in [6.45, 7) is 7.06. The maximum atomic E-state index is 14.6. The molecule has 47 heavy (non-hydrogen) atoms. The molecule has 0 aromatic heterocycles. The predicted molar refractivity (Wildman–Crippen MR) is 184 cm³/mol. The number of anilines is 1. The molecule has 0 aliphatic carbocycles. The molecule has 0 fully saturated rings. The van der Waals surface area contributed by atoms with Crippen LogP contribution in [0, 0.1) is 13.8 Å². The molecule has 4 aromatic carbocycles. The number of carbonyl (C=O) groups is 2. The van der Waals surface area contributed by atoms with Gasteiger partial charge in [0.05, 0.1) is 24.8 Å². The quantitative estimate of drug-likeness (QED) is 0.187. The molecule has 0 heterocycles. The zero-order chi connectivity index (χ0) is 34.1. The van der Waals surface area contributed by atoms with E-state index in [-0.39, 0.29) is 35.5 Å². The number of methoxy groups -OCH3 is 2. The van der Waals surface area contributed by atoms with Crippen LogP contribution in [0.5, 0.6) is 11.5 Å². The van der Waals surface area contributed by atoms with Crippen LogP contribution in [0.3, 0.4) is 0 Å². The minimum atomic E-state index is -4.26. The Morgan fingerprint density at radius 2 is 1.43 bits per heavy atom. The number of benzene rings is 4. The lowest BCUT2D eigenvalue weighted by molar-refractivity contribution is -0.140. The van der Waals surface area contributed by atoms with Crippen LogP contribution in [-0.4, -0.2) is 58.0 Å². The van der Waals surface area contributed by atoms with Gasteiger partial charge >= 0.3 is 0 Å². The topological polar surface area (TPSA) is 105 Å². The molecule has 0 radical (unpaired) electrons. The van der Waals surface area contributed by atoms with Crippen LogP contribution in [0.1, 0.15) is 36.1 Å². The number of nitrogens with zero attached hydrogens (tertiary/aromatic N) is 2. The Balaban J connectivity index is 1.85. The Hall–Kier alpha value is -4.83. The van der Waals surface area contributed by atoms with Crippen molar-refractivity contribution in [1.82, 2.24) is 10.2 Å². The zero-order valence-corrected chi connectivity index (χ0v) is 28.6. The van der Waals surface area contributed by atoms with Crippen molar-refractivity contribution in [2.45, 2.75) is 57.6 Å². The van der Waals surface area contributed by atoms with Crippen LogP contribution in [0.2, 0.25) is 0 Å². The lowest BCUT2D eigenvalue weighted by atomic mass is 10.0. The second kappa shape index (κ2) is 15.6. The van der Waals surface area contributed by atoms with E-state index >= 15 is 0 Å². The van der Waals surface area contributed by atoms with E-state index < -0.39 is 28.5 Å². The van der Waals surface area contributed by atoms with Crippen LogP contribution in [0.25, 0.3) is 0 Å². The SMILES string of the molecule is COc1ccc(N(CC(=O)N(Cc2cccc(C)c2)[C@@H](Cc2ccccc2)C(=O)NC(C)C)S(=O)(=O)c2ccc(C)cc2)cc1OC. The summed E-state index contributed by atoms with van der Waals surface area (Å²) in [7, 11) is -1.32. The zero-order valence-electron chi connectivity index (χ0n) is 27.8. The molecule has 1 N–H and O–H groups in total. The van der Waals surface area contributed by atoms with Crippen LogP contribution < -0.4 is 19.1 Å². The highest BCUT2D eigenvalue weighted by Crippen LogP contribution is 2.34. The molecule has 0 saturated carbocycles. The molecule has 0 saturated heterocycles. The first-order chi connectivity index (χ1) is 22.4. The van der Waals surface area contributed by atoms with Crippen molar-refractivity contribution < 1.29 is 27.5 Å². The molecular weight excluding hydrogens is 614 g/mol. The number of sulfonamides is 1. The first kappa shape index (κ1) is 35.0. The highest BCUT2D eigenvalue weighted by Gasteiger charge is 2.35. The van der Waals surface area contributed by atoms with Crippen molar-refractivity contribution in [3.05, 3.63) is 119 Å². The van der Waals surface area contributed by atoms with Crippen LogP contribution >= 0.6 is 0 Å². The van der Waals surface area contributed by atoms with E-state index in [0.717, 1.165) is 26.6 Å². The Morgan fingerprint density at radius 3 is 2.04 bits per heavy atom. The number of hydrogen-bond donors (Lipinski definition) is 1. The summed E-state index contributed by atoms with van der Waals surface area (Å²) in [6, 6.07) is 27.2. The van der Waals surface area contributed by atoms with Gasteiger partial charge in [-0.1, -0.05) is 77.9 Å². The predicted octanol–water partition coefficient (Wildman–Crippen LogP) is 5.68. The minimum Gasteiger partial charge on any atom is -0.493 e. The lowest BCUT2D eigenvalue weighted by Crippen LogP contribution is -2.54. The van der Waals surface area contributed by atoms with Gasteiger partial charge in [-0.25, -0.2) is 8.42 Å². The van der Waals surface area contributed by atoms with E-state index in [2.05, 4.69) is 5.32 Å². The first-order valence-corrected chi connectivity index (χ1v) is 16.9. The molecule has 248 valence electrons. The molecule has 4 rings (SSSR count). The molecule has 1 atom stereocenters. The van der Waals surface area contributed by atoms with E-state index in [4.69, 9.17) is 9.47 Å². The molecule has 0 bridgehead atoms. The number of nitrogens with one attached hydrogen (secondary N) is 1. The third-order valence-electron chi connectivity index (χ3n) is 7.68. The Morgan fingerprint density at radius 1 is 0.766 bits per heavy atom. The summed E-state index contributed by atoms with van der Waals surface area (Å²) in [5.41, 5.74) is 3.77. The molecule has 0 spiro atoms. The molecule has 0 unspecified atom stereocenters. The molecule has 4 aromatic rings.